The largest absolute Gasteiger partial charge is 0.374 e. The number of hydrogen-bond acceptors (Lipinski definition) is 4. The summed E-state index contributed by atoms with van der Waals surface area (Å²) in [5, 5.41) is 5.50. The van der Waals surface area contributed by atoms with Gasteiger partial charge < -0.3 is 20.4 Å². The third-order valence-corrected chi connectivity index (χ3v) is 5.75. The van der Waals surface area contributed by atoms with E-state index in [-0.39, 0.29) is 6.04 Å². The van der Waals surface area contributed by atoms with Gasteiger partial charge in [-0.05, 0) is 69.6 Å². The highest BCUT2D eigenvalue weighted by molar-refractivity contribution is 6.39. The van der Waals surface area contributed by atoms with Crippen LogP contribution in [0.5, 0.6) is 0 Å². The number of nitrogens with zero attached hydrogens (tertiary/aromatic N) is 2. The van der Waals surface area contributed by atoms with Crippen molar-refractivity contribution >= 4 is 23.2 Å². The number of carbonyl (C=O) groups excluding carboxylic acids is 2. The second-order valence-corrected chi connectivity index (χ2v) is 8.38. The Morgan fingerprint density at radius 2 is 1.87 bits per heavy atom. The Labute approximate surface area is 179 Å². The van der Waals surface area contributed by atoms with Gasteiger partial charge in [0.25, 0.3) is 0 Å². The maximum absolute atomic E-state index is 12.4. The van der Waals surface area contributed by atoms with Crippen LogP contribution in [0.4, 0.5) is 11.4 Å². The summed E-state index contributed by atoms with van der Waals surface area (Å²) >= 11 is 0. The van der Waals surface area contributed by atoms with Crippen LogP contribution in [0.15, 0.2) is 36.4 Å². The summed E-state index contributed by atoms with van der Waals surface area (Å²) in [6.45, 7) is 5.34. The van der Waals surface area contributed by atoms with E-state index in [0.29, 0.717) is 12.2 Å². The van der Waals surface area contributed by atoms with Crippen LogP contribution in [0.2, 0.25) is 0 Å². The number of aryl methyl sites for hydroxylation is 3. The van der Waals surface area contributed by atoms with Gasteiger partial charge in [-0.3, -0.25) is 9.59 Å². The number of benzene rings is 2. The number of carbonyl (C=O) groups is 2. The van der Waals surface area contributed by atoms with E-state index in [2.05, 4.69) is 45.7 Å². The summed E-state index contributed by atoms with van der Waals surface area (Å²) in [6.07, 6.45) is 2.22. The Balaban J connectivity index is 1.66. The molecule has 2 amide bonds. The molecule has 2 aromatic carbocycles. The van der Waals surface area contributed by atoms with E-state index >= 15 is 0 Å². The first-order chi connectivity index (χ1) is 14.3. The molecule has 2 aromatic rings. The van der Waals surface area contributed by atoms with Gasteiger partial charge in [0.05, 0.1) is 6.04 Å². The van der Waals surface area contributed by atoms with Gasteiger partial charge in [0.2, 0.25) is 0 Å². The molecule has 6 nitrogen and oxygen atoms in total. The molecule has 6 heteroatoms. The fourth-order valence-electron chi connectivity index (χ4n) is 4.01. The van der Waals surface area contributed by atoms with Gasteiger partial charge in [-0.1, -0.05) is 29.8 Å². The first-order valence-electron chi connectivity index (χ1n) is 10.4. The van der Waals surface area contributed by atoms with Gasteiger partial charge >= 0.3 is 11.8 Å². The van der Waals surface area contributed by atoms with Crippen molar-refractivity contribution in [1.29, 1.82) is 0 Å². The lowest BCUT2D eigenvalue weighted by Gasteiger charge is -2.30. The van der Waals surface area contributed by atoms with Crippen molar-refractivity contribution in [1.82, 2.24) is 10.2 Å². The monoisotopic (exact) mass is 408 g/mol. The van der Waals surface area contributed by atoms with E-state index in [9.17, 15) is 9.59 Å². The lowest BCUT2D eigenvalue weighted by molar-refractivity contribution is -0.136. The molecule has 0 saturated heterocycles. The number of rotatable bonds is 5. The Morgan fingerprint density at radius 1 is 1.10 bits per heavy atom. The minimum absolute atomic E-state index is 0.0135. The van der Waals surface area contributed by atoms with E-state index in [1.807, 2.05) is 46.1 Å². The van der Waals surface area contributed by atoms with E-state index in [4.69, 9.17) is 0 Å². The summed E-state index contributed by atoms with van der Waals surface area (Å²) in [4.78, 5) is 29.1. The number of fused-ring (bicyclic) bond motifs is 1. The number of anilines is 2. The van der Waals surface area contributed by atoms with E-state index in [0.717, 1.165) is 36.1 Å². The fourth-order valence-corrected chi connectivity index (χ4v) is 4.01. The molecule has 1 heterocycles. The summed E-state index contributed by atoms with van der Waals surface area (Å²) in [6, 6.07) is 12.2. The molecular weight excluding hydrogens is 376 g/mol. The van der Waals surface area contributed by atoms with Crippen LogP contribution in [0.25, 0.3) is 0 Å². The van der Waals surface area contributed by atoms with Crippen LogP contribution >= 0.6 is 0 Å². The first kappa shape index (κ1) is 21.8. The predicted octanol–water partition coefficient (Wildman–Crippen LogP) is 3.04. The molecule has 0 aliphatic carbocycles. The summed E-state index contributed by atoms with van der Waals surface area (Å²) in [5.41, 5.74) is 6.46. The molecule has 0 radical (unpaired) electrons. The highest BCUT2D eigenvalue weighted by Gasteiger charge is 2.21. The van der Waals surface area contributed by atoms with Crippen LogP contribution in [-0.4, -0.2) is 50.9 Å². The van der Waals surface area contributed by atoms with Crippen LogP contribution < -0.4 is 15.5 Å². The van der Waals surface area contributed by atoms with Crippen LogP contribution in [0.3, 0.4) is 0 Å². The third-order valence-electron chi connectivity index (χ3n) is 5.75. The topological polar surface area (TPSA) is 64.7 Å². The van der Waals surface area contributed by atoms with Gasteiger partial charge in [-0.25, -0.2) is 0 Å². The quantitative estimate of drug-likeness (QED) is 0.747. The second-order valence-electron chi connectivity index (χ2n) is 8.38. The van der Waals surface area contributed by atoms with Crippen molar-refractivity contribution in [2.75, 3.05) is 44.4 Å². The zero-order chi connectivity index (χ0) is 21.8. The van der Waals surface area contributed by atoms with Crippen LogP contribution in [-0.2, 0) is 16.0 Å². The first-order valence-corrected chi connectivity index (χ1v) is 10.4. The molecule has 1 aliphatic heterocycles. The smallest absolute Gasteiger partial charge is 0.313 e. The lowest BCUT2D eigenvalue weighted by atomic mass is 9.96. The molecular formula is C24H32N4O2. The number of likely N-dealkylation sites (N-methyl/N-ethyl adjacent to an activating group) is 1. The molecule has 0 aromatic heterocycles. The minimum atomic E-state index is -0.647. The fraction of sp³-hybridized carbons (Fsp3) is 0.417. The molecule has 160 valence electrons. The minimum Gasteiger partial charge on any atom is -0.374 e. The number of amides is 2. The molecule has 1 atom stereocenters. The van der Waals surface area contributed by atoms with Crippen LogP contribution in [0.1, 0.15) is 34.7 Å². The molecule has 2 N–H and O–H groups in total. The average Bonchev–Trinajstić information content (AvgIpc) is 2.70. The third kappa shape index (κ3) is 5.00. The maximum atomic E-state index is 12.4. The molecule has 0 saturated carbocycles. The lowest BCUT2D eigenvalue weighted by Crippen LogP contribution is -2.40. The van der Waals surface area contributed by atoms with Gasteiger partial charge in [-0.2, -0.15) is 0 Å². The molecule has 0 unspecified atom stereocenters. The normalized spacial score (nSPS) is 14.3. The molecule has 1 aliphatic rings. The Kier molecular flexibility index (Phi) is 6.77. The van der Waals surface area contributed by atoms with Gasteiger partial charge in [0.15, 0.2) is 0 Å². The highest BCUT2D eigenvalue weighted by atomic mass is 16.2. The molecule has 0 bridgehead atoms. The van der Waals surface area contributed by atoms with E-state index in [1.165, 1.54) is 11.3 Å². The summed E-state index contributed by atoms with van der Waals surface area (Å²) in [7, 11) is 6.09. The maximum Gasteiger partial charge on any atom is 0.313 e. The SMILES string of the molecule is Cc1ccc(NC(=O)C(=O)NC[C@@H](c2ccc3c(c2)CCCN3C)N(C)C)c(C)c1. The summed E-state index contributed by atoms with van der Waals surface area (Å²) in [5.74, 6) is -1.27. The van der Waals surface area contributed by atoms with Gasteiger partial charge in [0, 0.05) is 31.5 Å². The van der Waals surface area contributed by atoms with Gasteiger partial charge in [0.1, 0.15) is 0 Å². The molecule has 0 fully saturated rings. The highest BCUT2D eigenvalue weighted by Crippen LogP contribution is 2.29. The van der Waals surface area contributed by atoms with Crippen molar-refractivity contribution in [2.45, 2.75) is 32.7 Å². The average molecular weight is 409 g/mol. The standard InChI is InChI=1S/C24H32N4O2/c1-16-8-10-20(17(2)13-16)26-24(30)23(29)25-15-22(27(3)4)19-9-11-21-18(14-19)7-6-12-28(21)5/h8-11,13-14,22H,6-7,12,15H2,1-5H3,(H,25,29)(H,26,30)/t22-/m0/s1. The van der Waals surface area contributed by atoms with E-state index < -0.39 is 11.8 Å². The Bertz CT molecular complexity index is 939. The van der Waals surface area contributed by atoms with Crippen molar-refractivity contribution < 1.29 is 9.59 Å². The van der Waals surface area contributed by atoms with E-state index in [1.54, 1.807) is 0 Å². The Hall–Kier alpha value is -2.86. The van der Waals surface area contributed by atoms with Crippen LogP contribution in [0, 0.1) is 13.8 Å². The zero-order valence-electron chi connectivity index (χ0n) is 18.6. The zero-order valence-corrected chi connectivity index (χ0v) is 18.6. The van der Waals surface area contributed by atoms with Crippen molar-refractivity contribution in [2.24, 2.45) is 0 Å². The van der Waals surface area contributed by atoms with Crippen molar-refractivity contribution in [3.63, 3.8) is 0 Å². The van der Waals surface area contributed by atoms with Crippen molar-refractivity contribution in [3.05, 3.63) is 58.7 Å². The second kappa shape index (κ2) is 9.30. The Morgan fingerprint density at radius 3 is 2.57 bits per heavy atom. The molecule has 30 heavy (non-hydrogen) atoms. The van der Waals surface area contributed by atoms with Gasteiger partial charge in [-0.15, -0.1) is 0 Å². The number of nitrogens with one attached hydrogen (secondary N) is 2. The molecule has 3 rings (SSSR count). The van der Waals surface area contributed by atoms with Crippen molar-refractivity contribution in [3.8, 4) is 0 Å². The summed E-state index contributed by atoms with van der Waals surface area (Å²) < 4.78 is 0. The predicted molar refractivity (Wildman–Crippen MR) is 122 cm³/mol. The molecule has 0 spiro atoms. The number of hydrogen-bond donors (Lipinski definition) is 2.